The molecule has 0 heterocycles. The molecule has 298 valence electrons. The molecule has 0 aromatic heterocycles. The van der Waals surface area contributed by atoms with E-state index in [-0.39, 0.29) is 12.1 Å². The maximum atomic E-state index is 12.7. The van der Waals surface area contributed by atoms with Crippen LogP contribution in [0.3, 0.4) is 0 Å². The van der Waals surface area contributed by atoms with Crippen molar-refractivity contribution in [2.75, 3.05) is 32.8 Å². The summed E-state index contributed by atoms with van der Waals surface area (Å²) in [5.41, 5.74) is 0. The average molecular weight is 710 g/mol. The van der Waals surface area contributed by atoms with Gasteiger partial charge in [0.15, 0.2) is 0 Å². The molecule has 0 N–H and O–H groups in total. The minimum atomic E-state index is -0.506. The lowest BCUT2D eigenvalue weighted by atomic mass is 10.0. The van der Waals surface area contributed by atoms with E-state index in [2.05, 4.69) is 39.5 Å². The Labute approximate surface area is 312 Å². The third-order valence-corrected chi connectivity index (χ3v) is 10.1. The molecule has 0 aliphatic rings. The van der Waals surface area contributed by atoms with Crippen molar-refractivity contribution in [3.63, 3.8) is 0 Å². The second kappa shape index (κ2) is 38.9. The smallest absolute Gasteiger partial charge is 0.462 e. The van der Waals surface area contributed by atoms with Gasteiger partial charge >= 0.3 is 12.1 Å². The molecule has 0 rings (SSSR count). The fraction of sp³-hybridized carbons (Fsp3) is 0.955. The number of carbonyl (C=O) groups excluding carboxylic acids is 2. The molecule has 0 fully saturated rings. The van der Waals surface area contributed by atoms with Crippen LogP contribution < -0.4 is 0 Å². The van der Waals surface area contributed by atoms with Gasteiger partial charge in [-0.2, -0.15) is 0 Å². The molecule has 0 unspecified atom stereocenters. The Morgan fingerprint density at radius 1 is 0.480 bits per heavy atom. The normalized spacial score (nSPS) is 11.6. The van der Waals surface area contributed by atoms with Gasteiger partial charge in [-0.25, -0.2) is 4.79 Å². The van der Waals surface area contributed by atoms with Crippen molar-refractivity contribution in [1.82, 2.24) is 4.90 Å². The highest BCUT2D eigenvalue weighted by Gasteiger charge is 2.14. The van der Waals surface area contributed by atoms with Crippen LogP contribution in [-0.4, -0.2) is 56.0 Å². The maximum absolute atomic E-state index is 12.7. The van der Waals surface area contributed by atoms with E-state index in [4.69, 9.17) is 14.2 Å². The molecule has 0 aromatic rings. The van der Waals surface area contributed by atoms with Gasteiger partial charge in [0.1, 0.15) is 6.10 Å². The molecule has 6 heteroatoms. The molecular weight excluding hydrogens is 622 g/mol. The van der Waals surface area contributed by atoms with E-state index in [0.29, 0.717) is 19.6 Å². The zero-order valence-electron chi connectivity index (χ0n) is 34.4. The van der Waals surface area contributed by atoms with Gasteiger partial charge in [-0.15, -0.1) is 0 Å². The van der Waals surface area contributed by atoms with Crippen LogP contribution in [0, 0.1) is 5.92 Å². The third kappa shape index (κ3) is 36.5. The highest BCUT2D eigenvalue weighted by molar-refractivity contribution is 5.69. The number of esters is 1. The standard InChI is InChI=1S/C44H87NO5/c1-6-9-11-13-18-26-34-42(35-27-19-14-12-10-7-2)50-43(46)36-28-20-15-21-29-37-45(8-3)38-30-22-24-32-40-49-44(47)48-39-31-23-16-17-25-33-41(4)5/h41-42H,6-40H2,1-5H3. The number of ether oxygens (including phenoxy) is 3. The predicted molar refractivity (Wildman–Crippen MR) is 214 cm³/mol. The Kier molecular flexibility index (Phi) is 37.9. The van der Waals surface area contributed by atoms with E-state index in [1.54, 1.807) is 0 Å². The van der Waals surface area contributed by atoms with Gasteiger partial charge in [0.25, 0.3) is 0 Å². The molecule has 6 nitrogen and oxygen atoms in total. The first-order valence-electron chi connectivity index (χ1n) is 22.1. The van der Waals surface area contributed by atoms with E-state index in [1.165, 1.54) is 135 Å². The second-order valence-electron chi connectivity index (χ2n) is 15.5. The molecule has 0 bridgehead atoms. The van der Waals surface area contributed by atoms with E-state index in [0.717, 1.165) is 76.9 Å². The largest absolute Gasteiger partial charge is 0.508 e. The minimum absolute atomic E-state index is 0.0317. The van der Waals surface area contributed by atoms with E-state index in [9.17, 15) is 9.59 Å². The zero-order chi connectivity index (χ0) is 36.8. The molecular formula is C44H87NO5. The van der Waals surface area contributed by atoms with Gasteiger partial charge < -0.3 is 19.1 Å². The van der Waals surface area contributed by atoms with Gasteiger partial charge in [-0.1, -0.05) is 163 Å². The zero-order valence-corrected chi connectivity index (χ0v) is 34.4. The van der Waals surface area contributed by atoms with Crippen molar-refractivity contribution in [3.8, 4) is 0 Å². The lowest BCUT2D eigenvalue weighted by molar-refractivity contribution is -0.150. The van der Waals surface area contributed by atoms with E-state index in [1.807, 2.05) is 0 Å². The van der Waals surface area contributed by atoms with Gasteiger partial charge in [-0.3, -0.25) is 4.79 Å². The van der Waals surface area contributed by atoms with Gasteiger partial charge in [0.2, 0.25) is 0 Å². The van der Waals surface area contributed by atoms with Crippen LogP contribution in [0.1, 0.15) is 227 Å². The first-order chi connectivity index (χ1) is 24.4. The van der Waals surface area contributed by atoms with E-state index >= 15 is 0 Å². The maximum Gasteiger partial charge on any atom is 0.508 e. The Morgan fingerprint density at radius 3 is 1.34 bits per heavy atom. The van der Waals surface area contributed by atoms with Crippen LogP contribution >= 0.6 is 0 Å². The molecule has 0 amide bonds. The van der Waals surface area contributed by atoms with Gasteiger partial charge in [-0.05, 0) is 83.3 Å². The molecule has 0 saturated carbocycles. The lowest BCUT2D eigenvalue weighted by Gasteiger charge is -2.20. The van der Waals surface area contributed by atoms with Crippen molar-refractivity contribution < 1.29 is 23.8 Å². The van der Waals surface area contributed by atoms with Crippen LogP contribution in [-0.2, 0) is 19.0 Å². The summed E-state index contributed by atoms with van der Waals surface area (Å²) < 4.78 is 16.5. The quantitative estimate of drug-likeness (QED) is 0.0467. The molecule has 0 spiro atoms. The van der Waals surface area contributed by atoms with Crippen molar-refractivity contribution in [2.45, 2.75) is 233 Å². The summed E-state index contributed by atoms with van der Waals surface area (Å²) in [6.07, 6.45) is 35.0. The monoisotopic (exact) mass is 710 g/mol. The third-order valence-electron chi connectivity index (χ3n) is 10.1. The van der Waals surface area contributed by atoms with Crippen molar-refractivity contribution in [2.24, 2.45) is 5.92 Å². The Balaban J connectivity index is 3.84. The Morgan fingerprint density at radius 2 is 0.880 bits per heavy atom. The number of rotatable bonds is 39. The highest BCUT2D eigenvalue weighted by Crippen LogP contribution is 2.18. The lowest BCUT2D eigenvalue weighted by Crippen LogP contribution is -2.25. The molecule has 0 radical (unpaired) electrons. The topological polar surface area (TPSA) is 65.1 Å². The number of nitrogens with zero attached hydrogens (tertiary/aromatic N) is 1. The van der Waals surface area contributed by atoms with Gasteiger partial charge in [0.05, 0.1) is 13.2 Å². The van der Waals surface area contributed by atoms with Crippen LogP contribution in [0.25, 0.3) is 0 Å². The van der Waals surface area contributed by atoms with Crippen LogP contribution in [0.5, 0.6) is 0 Å². The van der Waals surface area contributed by atoms with Crippen LogP contribution in [0.15, 0.2) is 0 Å². The molecule has 0 aliphatic carbocycles. The van der Waals surface area contributed by atoms with Crippen molar-refractivity contribution >= 4 is 12.1 Å². The molecule has 0 atom stereocenters. The number of unbranched alkanes of at least 4 members (excludes halogenated alkanes) is 21. The first-order valence-corrected chi connectivity index (χ1v) is 22.1. The summed E-state index contributed by atoms with van der Waals surface area (Å²) >= 11 is 0. The van der Waals surface area contributed by atoms with Crippen molar-refractivity contribution in [3.05, 3.63) is 0 Å². The second-order valence-corrected chi connectivity index (χ2v) is 15.5. The first kappa shape index (κ1) is 48.7. The fourth-order valence-corrected chi connectivity index (χ4v) is 6.70. The molecule has 0 saturated heterocycles. The summed E-state index contributed by atoms with van der Waals surface area (Å²) in [6.45, 7) is 15.7. The molecule has 0 aromatic carbocycles. The summed E-state index contributed by atoms with van der Waals surface area (Å²) in [7, 11) is 0. The SMILES string of the molecule is CCCCCCCCC(CCCCCCCC)OC(=O)CCCCCCCN(CC)CCCCCCOC(=O)OCCCCCCCC(C)C. The number of carbonyl (C=O) groups is 2. The van der Waals surface area contributed by atoms with Crippen LogP contribution in [0.2, 0.25) is 0 Å². The Bertz CT molecular complexity index is 699. The predicted octanol–water partition coefficient (Wildman–Crippen LogP) is 13.8. The molecule has 50 heavy (non-hydrogen) atoms. The summed E-state index contributed by atoms with van der Waals surface area (Å²) in [4.78, 5) is 27.0. The van der Waals surface area contributed by atoms with Gasteiger partial charge in [0, 0.05) is 6.42 Å². The minimum Gasteiger partial charge on any atom is -0.462 e. The average Bonchev–Trinajstić information content (AvgIpc) is 3.10. The van der Waals surface area contributed by atoms with Crippen LogP contribution in [0.4, 0.5) is 4.79 Å². The highest BCUT2D eigenvalue weighted by atomic mass is 16.7. The van der Waals surface area contributed by atoms with E-state index < -0.39 is 6.16 Å². The number of hydrogen-bond acceptors (Lipinski definition) is 6. The van der Waals surface area contributed by atoms with Crippen molar-refractivity contribution in [1.29, 1.82) is 0 Å². The Hall–Kier alpha value is -1.30. The summed E-state index contributed by atoms with van der Waals surface area (Å²) in [6, 6.07) is 0. The summed E-state index contributed by atoms with van der Waals surface area (Å²) in [5, 5.41) is 0. The summed E-state index contributed by atoms with van der Waals surface area (Å²) in [5.74, 6) is 0.823. The molecule has 0 aliphatic heterocycles. The number of hydrogen-bond donors (Lipinski definition) is 0. The fourth-order valence-electron chi connectivity index (χ4n) is 6.70.